The molecule has 0 aromatic heterocycles. The molecular formula is C68H127NO5. The van der Waals surface area contributed by atoms with Crippen LogP contribution in [0.2, 0.25) is 0 Å². The molecule has 0 heterocycles. The average Bonchev–Trinajstić information content (AvgIpc) is 3.40. The van der Waals surface area contributed by atoms with Crippen LogP contribution in [0.5, 0.6) is 0 Å². The Morgan fingerprint density at radius 3 is 1.08 bits per heavy atom. The fourth-order valence-electron chi connectivity index (χ4n) is 10.00. The quantitative estimate of drug-likeness (QED) is 0.0320. The second-order valence-corrected chi connectivity index (χ2v) is 22.4. The second kappa shape index (κ2) is 63.4. The maximum Gasteiger partial charge on any atom is 0.305 e. The Labute approximate surface area is 461 Å². The van der Waals surface area contributed by atoms with Crippen molar-refractivity contribution >= 4 is 11.9 Å². The fourth-order valence-corrected chi connectivity index (χ4v) is 10.00. The van der Waals surface area contributed by atoms with Gasteiger partial charge in [0.05, 0.1) is 25.4 Å². The number of esters is 1. The first-order chi connectivity index (χ1) is 36.5. The summed E-state index contributed by atoms with van der Waals surface area (Å²) in [6.45, 7) is 4.87. The lowest BCUT2D eigenvalue weighted by Crippen LogP contribution is -2.45. The number of hydrogen-bond acceptors (Lipinski definition) is 5. The highest BCUT2D eigenvalue weighted by atomic mass is 16.5. The second-order valence-electron chi connectivity index (χ2n) is 22.4. The van der Waals surface area contributed by atoms with E-state index in [0.717, 1.165) is 57.8 Å². The van der Waals surface area contributed by atoms with Gasteiger partial charge in [0.25, 0.3) is 0 Å². The van der Waals surface area contributed by atoms with E-state index in [-0.39, 0.29) is 18.5 Å². The number of aliphatic hydroxyl groups excluding tert-OH is 2. The Bertz CT molecular complexity index is 1240. The van der Waals surface area contributed by atoms with Crippen LogP contribution in [0.1, 0.15) is 348 Å². The van der Waals surface area contributed by atoms with E-state index in [1.54, 1.807) is 6.08 Å². The lowest BCUT2D eigenvalue weighted by molar-refractivity contribution is -0.143. The standard InChI is InChI=1S/C68H127NO5/c1-3-5-7-9-11-13-15-17-19-20-21-22-24-27-30-33-36-40-44-48-52-56-60-66(71)65(64-70)69-67(72)61-57-53-49-45-41-37-34-31-28-25-23-26-29-32-35-39-43-47-51-55-59-63-74-68(73)62-58-54-50-46-42-38-18-16-14-12-10-8-6-4-2/h10,12,16,18,25,28,56,60,65-66,70-71H,3-9,11,13-15,17,19-24,26-27,29-55,57-59,61-64H2,1-2H3,(H,69,72)/b12-10-,18-16-,28-25-,60-56+. The van der Waals surface area contributed by atoms with Crippen LogP contribution >= 0.6 is 0 Å². The number of amides is 1. The third-order valence-corrected chi connectivity index (χ3v) is 15.1. The lowest BCUT2D eigenvalue weighted by Gasteiger charge is -2.20. The summed E-state index contributed by atoms with van der Waals surface area (Å²) in [6, 6.07) is -0.636. The molecule has 0 saturated heterocycles. The molecule has 0 fully saturated rings. The average molecular weight is 1040 g/mol. The Balaban J connectivity index is 3.47. The monoisotopic (exact) mass is 1040 g/mol. The van der Waals surface area contributed by atoms with E-state index >= 15 is 0 Å². The van der Waals surface area contributed by atoms with Crippen molar-refractivity contribution in [1.82, 2.24) is 5.32 Å². The van der Waals surface area contributed by atoms with Gasteiger partial charge in [-0.15, -0.1) is 0 Å². The largest absolute Gasteiger partial charge is 0.466 e. The molecule has 0 aromatic rings. The fraction of sp³-hybridized carbons (Fsp3) is 0.853. The first-order valence-corrected chi connectivity index (χ1v) is 32.9. The minimum absolute atomic E-state index is 0.00704. The van der Waals surface area contributed by atoms with Gasteiger partial charge < -0.3 is 20.3 Å². The van der Waals surface area contributed by atoms with Crippen molar-refractivity contribution in [3.63, 3.8) is 0 Å². The Kier molecular flexibility index (Phi) is 61.5. The van der Waals surface area contributed by atoms with Gasteiger partial charge >= 0.3 is 5.97 Å². The molecule has 2 atom stereocenters. The Hall–Kier alpha value is -2.18. The Morgan fingerprint density at radius 1 is 0.378 bits per heavy atom. The molecule has 0 saturated carbocycles. The smallest absolute Gasteiger partial charge is 0.305 e. The van der Waals surface area contributed by atoms with Gasteiger partial charge in [0, 0.05) is 12.8 Å². The van der Waals surface area contributed by atoms with E-state index in [2.05, 4.69) is 55.6 Å². The molecule has 74 heavy (non-hydrogen) atoms. The number of aliphatic hydroxyl groups is 2. The van der Waals surface area contributed by atoms with Crippen LogP contribution in [-0.2, 0) is 14.3 Å². The summed E-state index contributed by atoms with van der Waals surface area (Å²) in [5, 5.41) is 23.2. The van der Waals surface area contributed by atoms with Crippen molar-refractivity contribution < 1.29 is 24.5 Å². The molecule has 0 aliphatic heterocycles. The number of hydrogen-bond donors (Lipinski definition) is 3. The number of carbonyl (C=O) groups excluding carboxylic acids is 2. The molecule has 2 unspecified atom stereocenters. The predicted octanol–water partition coefficient (Wildman–Crippen LogP) is 20.9. The predicted molar refractivity (Wildman–Crippen MR) is 324 cm³/mol. The highest BCUT2D eigenvalue weighted by Crippen LogP contribution is 2.17. The highest BCUT2D eigenvalue weighted by molar-refractivity contribution is 5.76. The molecular weight excluding hydrogens is 911 g/mol. The normalized spacial score (nSPS) is 12.9. The highest BCUT2D eigenvalue weighted by Gasteiger charge is 2.18. The first-order valence-electron chi connectivity index (χ1n) is 32.9. The first kappa shape index (κ1) is 71.8. The van der Waals surface area contributed by atoms with Crippen molar-refractivity contribution in [2.75, 3.05) is 13.2 Å². The van der Waals surface area contributed by atoms with Gasteiger partial charge in [-0.05, 0) is 83.5 Å². The number of unbranched alkanes of at least 4 members (excludes halogenated alkanes) is 44. The third-order valence-electron chi connectivity index (χ3n) is 15.1. The number of ether oxygens (including phenoxy) is 1. The summed E-state index contributed by atoms with van der Waals surface area (Å²) >= 11 is 0. The molecule has 0 radical (unpaired) electrons. The van der Waals surface area contributed by atoms with Gasteiger partial charge in [-0.25, -0.2) is 0 Å². The lowest BCUT2D eigenvalue weighted by atomic mass is 10.0. The number of allylic oxidation sites excluding steroid dienone is 7. The minimum Gasteiger partial charge on any atom is -0.466 e. The molecule has 0 aromatic carbocycles. The number of carbonyl (C=O) groups is 2. The van der Waals surface area contributed by atoms with Crippen LogP contribution in [0.25, 0.3) is 0 Å². The van der Waals surface area contributed by atoms with Crippen LogP contribution in [0, 0.1) is 0 Å². The van der Waals surface area contributed by atoms with Crippen molar-refractivity contribution in [3.8, 4) is 0 Å². The minimum atomic E-state index is -0.852. The maximum atomic E-state index is 12.5. The van der Waals surface area contributed by atoms with E-state index in [0.29, 0.717) is 19.4 Å². The summed E-state index contributed by atoms with van der Waals surface area (Å²) in [5.74, 6) is -0.0805. The van der Waals surface area contributed by atoms with Crippen molar-refractivity contribution in [2.24, 2.45) is 0 Å². The van der Waals surface area contributed by atoms with Gasteiger partial charge in [-0.1, -0.05) is 300 Å². The zero-order valence-electron chi connectivity index (χ0n) is 49.6. The van der Waals surface area contributed by atoms with Crippen LogP contribution in [0.4, 0.5) is 0 Å². The number of nitrogens with one attached hydrogen (secondary N) is 1. The van der Waals surface area contributed by atoms with E-state index in [4.69, 9.17) is 4.74 Å². The molecule has 6 nitrogen and oxygen atoms in total. The van der Waals surface area contributed by atoms with E-state index in [1.807, 2.05) is 6.08 Å². The van der Waals surface area contributed by atoms with Crippen LogP contribution < -0.4 is 5.32 Å². The SMILES string of the molecule is CCCC/C=C\C/C=C\CCCCCCCC(=O)OCCCCCCCCCCCC/C=C\CCCCCCCCCC(=O)NC(CO)C(O)/C=C/CCCCCCCCCCCCCCCCCCCCCC. The van der Waals surface area contributed by atoms with Gasteiger partial charge in [0.15, 0.2) is 0 Å². The molecule has 0 spiro atoms. The summed E-state index contributed by atoms with van der Waals surface area (Å²) in [6.07, 6.45) is 81.6. The van der Waals surface area contributed by atoms with Gasteiger partial charge in [-0.2, -0.15) is 0 Å². The molecule has 0 aliphatic rings. The molecule has 0 aliphatic carbocycles. The third kappa shape index (κ3) is 59.1. The molecule has 6 heteroatoms. The van der Waals surface area contributed by atoms with Crippen molar-refractivity contribution in [1.29, 1.82) is 0 Å². The van der Waals surface area contributed by atoms with E-state index < -0.39 is 12.1 Å². The summed E-state index contributed by atoms with van der Waals surface area (Å²) < 4.78 is 5.47. The van der Waals surface area contributed by atoms with Crippen molar-refractivity contribution in [3.05, 3.63) is 48.6 Å². The molecule has 1 amide bonds. The van der Waals surface area contributed by atoms with Gasteiger partial charge in [-0.3, -0.25) is 9.59 Å². The van der Waals surface area contributed by atoms with Crippen LogP contribution in [0.3, 0.4) is 0 Å². The molecule has 0 rings (SSSR count). The van der Waals surface area contributed by atoms with Gasteiger partial charge in [0.1, 0.15) is 0 Å². The maximum absolute atomic E-state index is 12.5. The number of rotatable bonds is 61. The van der Waals surface area contributed by atoms with Crippen LogP contribution in [-0.4, -0.2) is 47.4 Å². The zero-order chi connectivity index (χ0) is 53.6. The Morgan fingerprint density at radius 2 is 0.689 bits per heavy atom. The molecule has 434 valence electrons. The summed E-state index contributed by atoms with van der Waals surface area (Å²) in [5.41, 5.74) is 0. The van der Waals surface area contributed by atoms with Crippen molar-refractivity contribution in [2.45, 2.75) is 360 Å². The van der Waals surface area contributed by atoms with Crippen LogP contribution in [0.15, 0.2) is 48.6 Å². The molecule has 3 N–H and O–H groups in total. The summed E-state index contributed by atoms with van der Waals surface area (Å²) in [4.78, 5) is 24.6. The summed E-state index contributed by atoms with van der Waals surface area (Å²) in [7, 11) is 0. The zero-order valence-corrected chi connectivity index (χ0v) is 49.6. The van der Waals surface area contributed by atoms with E-state index in [9.17, 15) is 19.8 Å². The topological polar surface area (TPSA) is 95.9 Å². The van der Waals surface area contributed by atoms with E-state index in [1.165, 1.54) is 263 Å². The molecule has 0 bridgehead atoms. The van der Waals surface area contributed by atoms with Gasteiger partial charge in [0.2, 0.25) is 5.91 Å².